The molecule has 0 amide bonds. The third kappa shape index (κ3) is 4.98. The predicted molar refractivity (Wildman–Crippen MR) is 112 cm³/mol. The Hall–Kier alpha value is -3.93. The molecule has 0 heterocycles. The molecule has 1 N–H and O–H groups in total. The van der Waals surface area contributed by atoms with E-state index in [1.165, 1.54) is 34.5 Å². The lowest BCUT2D eigenvalue weighted by Gasteiger charge is -2.24. The molecule has 0 spiro atoms. The number of nitriles is 1. The van der Waals surface area contributed by atoms with Crippen LogP contribution in [0.15, 0.2) is 30.3 Å². The van der Waals surface area contributed by atoms with Gasteiger partial charge in [-0.1, -0.05) is 0 Å². The van der Waals surface area contributed by atoms with Gasteiger partial charge in [0.25, 0.3) is 0 Å². The Balaban J connectivity index is 2.73. The molecule has 1 unspecified atom stereocenters. The van der Waals surface area contributed by atoms with Gasteiger partial charge in [-0.15, -0.1) is 0 Å². The lowest BCUT2D eigenvalue weighted by molar-refractivity contribution is -0.141. The summed E-state index contributed by atoms with van der Waals surface area (Å²) in [4.78, 5) is 25.6. The number of nitrogens with zero attached hydrogens (tertiary/aromatic N) is 1. The molecule has 0 saturated carbocycles. The van der Waals surface area contributed by atoms with Crippen molar-refractivity contribution in [3.05, 3.63) is 47.0 Å². The predicted octanol–water partition coefficient (Wildman–Crippen LogP) is 3.09. The Morgan fingerprint density at radius 1 is 1.03 bits per heavy atom. The van der Waals surface area contributed by atoms with Crippen LogP contribution in [0, 0.1) is 11.3 Å². The van der Waals surface area contributed by atoms with Crippen LogP contribution in [0.25, 0.3) is 0 Å². The first-order valence-corrected chi connectivity index (χ1v) is 9.30. The molecule has 0 aliphatic heterocycles. The van der Waals surface area contributed by atoms with Gasteiger partial charge in [0.05, 0.1) is 46.7 Å². The highest BCUT2D eigenvalue weighted by Gasteiger charge is 2.33. The van der Waals surface area contributed by atoms with E-state index in [0.717, 1.165) is 0 Å². The zero-order valence-corrected chi connectivity index (χ0v) is 18.0. The van der Waals surface area contributed by atoms with Crippen molar-refractivity contribution in [1.82, 2.24) is 0 Å². The fourth-order valence-electron chi connectivity index (χ4n) is 3.01. The zero-order chi connectivity index (χ0) is 23.0. The average Bonchev–Trinajstić information content (AvgIpc) is 2.80. The van der Waals surface area contributed by atoms with Gasteiger partial charge in [-0.25, -0.2) is 9.59 Å². The van der Waals surface area contributed by atoms with E-state index in [4.69, 9.17) is 28.9 Å². The van der Waals surface area contributed by atoms with E-state index in [2.05, 4.69) is 5.32 Å². The van der Waals surface area contributed by atoms with E-state index in [-0.39, 0.29) is 35.0 Å². The van der Waals surface area contributed by atoms with Crippen molar-refractivity contribution in [1.29, 1.82) is 5.26 Å². The van der Waals surface area contributed by atoms with Crippen LogP contribution >= 0.6 is 0 Å². The molecule has 2 rings (SSSR count). The van der Waals surface area contributed by atoms with Crippen LogP contribution in [0.1, 0.15) is 34.5 Å². The van der Waals surface area contributed by atoms with Gasteiger partial charge in [0.2, 0.25) is 5.75 Å². The molecule has 2 aromatic rings. The van der Waals surface area contributed by atoms with Crippen molar-refractivity contribution in [3.8, 4) is 23.3 Å². The minimum atomic E-state index is -1.12. The first-order chi connectivity index (χ1) is 14.9. The zero-order valence-electron chi connectivity index (χ0n) is 18.0. The van der Waals surface area contributed by atoms with Crippen molar-refractivity contribution in [3.63, 3.8) is 0 Å². The molecule has 0 bridgehead atoms. The van der Waals surface area contributed by atoms with E-state index in [9.17, 15) is 9.59 Å². The molecule has 164 valence electrons. The van der Waals surface area contributed by atoms with Crippen LogP contribution in [0.3, 0.4) is 0 Å². The number of carbonyl (C=O) groups excluding carboxylic acids is 2. The maximum atomic E-state index is 12.8. The minimum Gasteiger partial charge on any atom is -0.493 e. The number of methoxy groups -OCH3 is 4. The van der Waals surface area contributed by atoms with Crippen LogP contribution in [-0.2, 0) is 14.3 Å². The quantitative estimate of drug-likeness (QED) is 0.601. The summed E-state index contributed by atoms with van der Waals surface area (Å²) in [5.41, 5.74) is 1.20. The Morgan fingerprint density at radius 2 is 1.68 bits per heavy atom. The third-order valence-corrected chi connectivity index (χ3v) is 4.41. The summed E-state index contributed by atoms with van der Waals surface area (Å²) in [5, 5.41) is 12.0. The van der Waals surface area contributed by atoms with Crippen molar-refractivity contribution < 1.29 is 33.3 Å². The fraction of sp³-hybridized carbons (Fsp3) is 0.318. The molecule has 1 atom stereocenters. The van der Waals surface area contributed by atoms with Gasteiger partial charge >= 0.3 is 11.9 Å². The number of benzene rings is 2. The van der Waals surface area contributed by atoms with Gasteiger partial charge in [-0.3, -0.25) is 0 Å². The molecule has 0 aliphatic carbocycles. The first-order valence-electron chi connectivity index (χ1n) is 9.30. The second-order valence-corrected chi connectivity index (χ2v) is 6.12. The monoisotopic (exact) mass is 428 g/mol. The summed E-state index contributed by atoms with van der Waals surface area (Å²) in [6.45, 7) is 1.78. The third-order valence-electron chi connectivity index (χ3n) is 4.41. The average molecular weight is 428 g/mol. The van der Waals surface area contributed by atoms with Gasteiger partial charge in [0, 0.05) is 11.3 Å². The van der Waals surface area contributed by atoms with Crippen LogP contribution in [0.4, 0.5) is 5.69 Å². The normalized spacial score (nSPS) is 11.0. The fourth-order valence-corrected chi connectivity index (χ4v) is 3.01. The largest absolute Gasteiger partial charge is 0.493 e. The number of esters is 2. The lowest BCUT2D eigenvalue weighted by Crippen LogP contribution is -2.25. The Bertz CT molecular complexity index is 981. The number of hydrogen-bond acceptors (Lipinski definition) is 9. The number of hydrogen-bond donors (Lipinski definition) is 1. The summed E-state index contributed by atoms with van der Waals surface area (Å²) >= 11 is 0. The molecule has 2 aromatic carbocycles. The van der Waals surface area contributed by atoms with E-state index in [1.54, 1.807) is 31.2 Å². The van der Waals surface area contributed by atoms with Gasteiger partial charge in [-0.2, -0.15) is 5.26 Å². The van der Waals surface area contributed by atoms with E-state index < -0.39 is 18.0 Å². The maximum Gasteiger partial charge on any atom is 0.342 e. The molecule has 0 aromatic heterocycles. The summed E-state index contributed by atoms with van der Waals surface area (Å²) in [6.07, 6.45) is 0. The SMILES string of the molecule is CCOC(=O)c1c(C(Nc2ccc(C#N)cc2)C(=O)OC)cc(OC)c(OC)c1OC. The highest BCUT2D eigenvalue weighted by Crippen LogP contribution is 2.44. The second kappa shape index (κ2) is 10.7. The van der Waals surface area contributed by atoms with Crippen molar-refractivity contribution in [2.75, 3.05) is 40.4 Å². The van der Waals surface area contributed by atoms with E-state index in [0.29, 0.717) is 11.3 Å². The van der Waals surface area contributed by atoms with E-state index in [1.807, 2.05) is 6.07 Å². The van der Waals surface area contributed by atoms with Crippen LogP contribution < -0.4 is 19.5 Å². The molecule has 0 radical (unpaired) electrons. The number of carbonyl (C=O) groups is 2. The number of rotatable bonds is 9. The second-order valence-electron chi connectivity index (χ2n) is 6.12. The van der Waals surface area contributed by atoms with Gasteiger partial charge in [-0.05, 0) is 37.3 Å². The Kier molecular flexibility index (Phi) is 8.09. The highest BCUT2D eigenvalue weighted by atomic mass is 16.5. The van der Waals surface area contributed by atoms with Gasteiger partial charge in [0.1, 0.15) is 5.56 Å². The van der Waals surface area contributed by atoms with E-state index >= 15 is 0 Å². The number of ether oxygens (including phenoxy) is 5. The van der Waals surface area contributed by atoms with Gasteiger partial charge in [0.15, 0.2) is 17.5 Å². The lowest BCUT2D eigenvalue weighted by atomic mass is 9.97. The van der Waals surface area contributed by atoms with Crippen LogP contribution in [0.2, 0.25) is 0 Å². The molecular formula is C22H24N2O7. The smallest absolute Gasteiger partial charge is 0.342 e. The molecule has 9 nitrogen and oxygen atoms in total. The molecule has 0 aliphatic rings. The number of nitrogens with one attached hydrogen (secondary N) is 1. The maximum absolute atomic E-state index is 12.8. The van der Waals surface area contributed by atoms with Crippen molar-refractivity contribution in [2.24, 2.45) is 0 Å². The molecule has 9 heteroatoms. The molecule has 0 fully saturated rings. The Labute approximate surface area is 180 Å². The van der Waals surface area contributed by atoms with Crippen molar-refractivity contribution in [2.45, 2.75) is 13.0 Å². The molecule has 0 saturated heterocycles. The summed E-state index contributed by atoms with van der Waals surface area (Å²) in [5.74, 6) is -0.877. The topological polar surface area (TPSA) is 116 Å². The first kappa shape index (κ1) is 23.3. The summed E-state index contributed by atoms with van der Waals surface area (Å²) in [6, 6.07) is 8.86. The summed E-state index contributed by atoms with van der Waals surface area (Å²) < 4.78 is 26.4. The van der Waals surface area contributed by atoms with Gasteiger partial charge < -0.3 is 29.0 Å². The minimum absolute atomic E-state index is 0.00135. The summed E-state index contributed by atoms with van der Waals surface area (Å²) in [7, 11) is 5.43. The molecular weight excluding hydrogens is 404 g/mol. The number of anilines is 1. The molecule has 31 heavy (non-hydrogen) atoms. The Morgan fingerprint density at radius 3 is 2.16 bits per heavy atom. The standard InChI is InChI=1S/C22H24N2O7/c1-6-31-21(25)17-15(11-16(27-2)19(28-3)20(17)29-4)18(22(26)30-5)24-14-9-7-13(12-23)8-10-14/h7-11,18,24H,6H2,1-5H3. The van der Waals surface area contributed by atoms with Crippen LogP contribution in [0.5, 0.6) is 17.2 Å². The van der Waals surface area contributed by atoms with Crippen molar-refractivity contribution >= 4 is 17.6 Å². The van der Waals surface area contributed by atoms with Crippen LogP contribution in [-0.4, -0.2) is 47.0 Å². The highest BCUT2D eigenvalue weighted by molar-refractivity contribution is 5.98.